The number of carbonyl (C=O) groups is 1. The first-order valence-corrected chi connectivity index (χ1v) is 8.78. The summed E-state index contributed by atoms with van der Waals surface area (Å²) >= 11 is 0. The molecular weight excluding hydrogens is 320 g/mol. The molecule has 0 bridgehead atoms. The molecule has 8 heteroatoms. The summed E-state index contributed by atoms with van der Waals surface area (Å²) in [5, 5.41) is 10.0. The van der Waals surface area contributed by atoms with Gasteiger partial charge in [-0.15, -0.1) is 0 Å². The second kappa shape index (κ2) is 7.18. The summed E-state index contributed by atoms with van der Waals surface area (Å²) < 4.78 is 5.67. The lowest BCUT2D eigenvalue weighted by atomic mass is 10.1. The molecule has 1 atom stereocenters. The monoisotopic (exact) mass is 342 g/mol. The van der Waals surface area contributed by atoms with Crippen LogP contribution in [0.1, 0.15) is 34.6 Å². The number of fused-ring (bicyclic) bond motifs is 1. The number of hydrogen-bond acceptors (Lipinski definition) is 6. The van der Waals surface area contributed by atoms with Gasteiger partial charge in [0.05, 0.1) is 11.8 Å². The SMILES string of the molecule is O=C(c1ccn[nH]1)N1CCc2ncnc(NCC3CCCO3)c2CC1. The van der Waals surface area contributed by atoms with Gasteiger partial charge in [0.15, 0.2) is 0 Å². The molecule has 0 saturated carbocycles. The Kier molecular flexibility index (Phi) is 4.60. The average Bonchev–Trinajstić information content (AvgIpc) is 3.30. The summed E-state index contributed by atoms with van der Waals surface area (Å²) in [6, 6.07) is 1.70. The smallest absolute Gasteiger partial charge is 0.271 e. The molecular formula is C17H22N6O2. The highest BCUT2D eigenvalue weighted by Crippen LogP contribution is 2.22. The van der Waals surface area contributed by atoms with Crippen LogP contribution in [-0.4, -0.2) is 63.3 Å². The summed E-state index contributed by atoms with van der Waals surface area (Å²) in [7, 11) is 0. The van der Waals surface area contributed by atoms with E-state index < -0.39 is 0 Å². The molecule has 1 unspecified atom stereocenters. The molecule has 2 aromatic heterocycles. The third-order valence-electron chi connectivity index (χ3n) is 4.82. The van der Waals surface area contributed by atoms with Gasteiger partial charge in [0.25, 0.3) is 5.91 Å². The topological polar surface area (TPSA) is 96.0 Å². The first-order chi connectivity index (χ1) is 12.3. The number of amides is 1. The number of nitrogens with one attached hydrogen (secondary N) is 2. The van der Waals surface area contributed by atoms with Crippen LogP contribution in [0.4, 0.5) is 5.82 Å². The summed E-state index contributed by atoms with van der Waals surface area (Å²) in [5.74, 6) is 0.850. The molecule has 0 aliphatic carbocycles. The van der Waals surface area contributed by atoms with Gasteiger partial charge in [-0.1, -0.05) is 0 Å². The number of rotatable bonds is 4. The van der Waals surface area contributed by atoms with Gasteiger partial charge in [0, 0.05) is 44.4 Å². The van der Waals surface area contributed by atoms with Crippen LogP contribution < -0.4 is 5.32 Å². The van der Waals surface area contributed by atoms with Gasteiger partial charge in [0.1, 0.15) is 17.8 Å². The average molecular weight is 342 g/mol. The Morgan fingerprint density at radius 1 is 1.36 bits per heavy atom. The van der Waals surface area contributed by atoms with E-state index in [2.05, 4.69) is 25.5 Å². The third kappa shape index (κ3) is 3.48. The van der Waals surface area contributed by atoms with E-state index in [0.717, 1.165) is 55.9 Å². The Morgan fingerprint density at radius 3 is 3.08 bits per heavy atom. The van der Waals surface area contributed by atoms with Crippen molar-refractivity contribution in [3.05, 3.63) is 35.5 Å². The summed E-state index contributed by atoms with van der Waals surface area (Å²) in [4.78, 5) is 23.2. The van der Waals surface area contributed by atoms with Gasteiger partial charge >= 0.3 is 0 Å². The largest absolute Gasteiger partial charge is 0.376 e. The number of nitrogens with zero attached hydrogens (tertiary/aromatic N) is 4. The van der Waals surface area contributed by atoms with Gasteiger partial charge in [0.2, 0.25) is 0 Å². The van der Waals surface area contributed by atoms with Crippen LogP contribution in [0.15, 0.2) is 18.6 Å². The van der Waals surface area contributed by atoms with Crippen LogP contribution >= 0.6 is 0 Å². The van der Waals surface area contributed by atoms with Crippen molar-refractivity contribution in [3.63, 3.8) is 0 Å². The first kappa shape index (κ1) is 16.0. The number of anilines is 1. The highest BCUT2D eigenvalue weighted by atomic mass is 16.5. The zero-order chi connectivity index (χ0) is 17.1. The number of hydrogen-bond donors (Lipinski definition) is 2. The van der Waals surface area contributed by atoms with Crippen molar-refractivity contribution in [3.8, 4) is 0 Å². The maximum Gasteiger partial charge on any atom is 0.271 e. The number of carbonyl (C=O) groups excluding carboxylic acids is 1. The van der Waals surface area contributed by atoms with Gasteiger partial charge in [-0.05, 0) is 25.3 Å². The second-order valence-electron chi connectivity index (χ2n) is 6.43. The molecule has 1 fully saturated rings. The van der Waals surface area contributed by atoms with Crippen molar-refractivity contribution >= 4 is 11.7 Å². The van der Waals surface area contributed by atoms with Gasteiger partial charge < -0.3 is 15.0 Å². The molecule has 2 aromatic rings. The minimum Gasteiger partial charge on any atom is -0.376 e. The van der Waals surface area contributed by atoms with E-state index in [0.29, 0.717) is 18.8 Å². The van der Waals surface area contributed by atoms with Crippen molar-refractivity contribution in [1.82, 2.24) is 25.1 Å². The minimum absolute atomic E-state index is 0.0212. The van der Waals surface area contributed by atoms with Crippen molar-refractivity contribution in [2.45, 2.75) is 31.8 Å². The van der Waals surface area contributed by atoms with Crippen molar-refractivity contribution < 1.29 is 9.53 Å². The van der Waals surface area contributed by atoms with E-state index in [1.165, 1.54) is 0 Å². The molecule has 2 aliphatic rings. The molecule has 4 rings (SSSR count). The van der Waals surface area contributed by atoms with Gasteiger partial charge in [-0.25, -0.2) is 9.97 Å². The fourth-order valence-electron chi connectivity index (χ4n) is 3.44. The lowest BCUT2D eigenvalue weighted by Gasteiger charge is -2.19. The quantitative estimate of drug-likeness (QED) is 0.862. The molecule has 0 radical (unpaired) electrons. The highest BCUT2D eigenvalue weighted by molar-refractivity contribution is 5.92. The minimum atomic E-state index is -0.0212. The van der Waals surface area contributed by atoms with Crippen LogP contribution in [-0.2, 0) is 17.6 Å². The molecule has 1 amide bonds. The van der Waals surface area contributed by atoms with Crippen LogP contribution in [0, 0.1) is 0 Å². The Balaban J connectivity index is 1.45. The van der Waals surface area contributed by atoms with Crippen LogP contribution in [0.3, 0.4) is 0 Å². The molecule has 1 saturated heterocycles. The van der Waals surface area contributed by atoms with Gasteiger partial charge in [-0.3, -0.25) is 9.89 Å². The molecule has 4 heterocycles. The Bertz CT molecular complexity index is 727. The molecule has 25 heavy (non-hydrogen) atoms. The van der Waals surface area contributed by atoms with E-state index in [1.807, 2.05) is 4.90 Å². The zero-order valence-corrected chi connectivity index (χ0v) is 14.1. The third-order valence-corrected chi connectivity index (χ3v) is 4.82. The Morgan fingerprint density at radius 2 is 2.28 bits per heavy atom. The van der Waals surface area contributed by atoms with Crippen LogP contribution in [0.2, 0.25) is 0 Å². The lowest BCUT2D eigenvalue weighted by molar-refractivity contribution is 0.0757. The number of aromatic nitrogens is 4. The predicted molar refractivity (Wildman–Crippen MR) is 91.4 cm³/mol. The van der Waals surface area contributed by atoms with E-state index in [-0.39, 0.29) is 12.0 Å². The van der Waals surface area contributed by atoms with Crippen molar-refractivity contribution in [1.29, 1.82) is 0 Å². The molecule has 132 valence electrons. The summed E-state index contributed by atoms with van der Waals surface area (Å²) in [6.07, 6.45) is 7.14. The van der Waals surface area contributed by atoms with E-state index >= 15 is 0 Å². The highest BCUT2D eigenvalue weighted by Gasteiger charge is 2.24. The predicted octanol–water partition coefficient (Wildman–Crippen LogP) is 1.03. The first-order valence-electron chi connectivity index (χ1n) is 8.78. The van der Waals surface area contributed by atoms with Crippen LogP contribution in [0.5, 0.6) is 0 Å². The second-order valence-corrected chi connectivity index (χ2v) is 6.43. The Labute approximate surface area is 146 Å². The standard InChI is InChI=1S/C17H22N6O2/c24-17(15-3-6-21-22-15)23-7-4-13-14(5-8-23)19-11-20-16(13)18-10-12-2-1-9-25-12/h3,6,11-12H,1-2,4-5,7-10H2,(H,21,22)(H,18,19,20). The molecule has 0 spiro atoms. The number of ether oxygens (including phenoxy) is 1. The summed E-state index contributed by atoms with van der Waals surface area (Å²) in [5.41, 5.74) is 2.65. The lowest BCUT2D eigenvalue weighted by Crippen LogP contribution is -2.33. The molecule has 0 aromatic carbocycles. The van der Waals surface area contributed by atoms with Crippen LogP contribution in [0.25, 0.3) is 0 Å². The zero-order valence-electron chi connectivity index (χ0n) is 14.1. The molecule has 8 nitrogen and oxygen atoms in total. The number of aromatic amines is 1. The van der Waals surface area contributed by atoms with E-state index in [1.54, 1.807) is 18.6 Å². The molecule has 2 N–H and O–H groups in total. The maximum absolute atomic E-state index is 12.5. The van der Waals surface area contributed by atoms with E-state index in [4.69, 9.17) is 4.74 Å². The maximum atomic E-state index is 12.5. The normalized spacial score (nSPS) is 20.2. The molecule has 2 aliphatic heterocycles. The Hall–Kier alpha value is -2.48. The van der Waals surface area contributed by atoms with Gasteiger partial charge in [-0.2, -0.15) is 5.10 Å². The van der Waals surface area contributed by atoms with Crippen molar-refractivity contribution in [2.75, 3.05) is 31.6 Å². The number of H-pyrrole nitrogens is 1. The van der Waals surface area contributed by atoms with Crippen molar-refractivity contribution in [2.24, 2.45) is 0 Å². The summed E-state index contributed by atoms with van der Waals surface area (Å²) in [6.45, 7) is 2.90. The fourth-order valence-corrected chi connectivity index (χ4v) is 3.44. The fraction of sp³-hybridized carbons (Fsp3) is 0.529. The van der Waals surface area contributed by atoms with E-state index in [9.17, 15) is 4.79 Å².